The molecule has 0 heterocycles. The van der Waals surface area contributed by atoms with Gasteiger partial charge in [-0.2, -0.15) is 0 Å². The minimum Gasteiger partial charge on any atom is -0.460 e. The van der Waals surface area contributed by atoms with E-state index in [-0.39, 0.29) is 69.4 Å². The van der Waals surface area contributed by atoms with Crippen molar-refractivity contribution in [3.8, 4) is 0 Å². The van der Waals surface area contributed by atoms with Crippen LogP contribution in [0.1, 0.15) is 56.0 Å². The number of rotatable bonds is 16. The van der Waals surface area contributed by atoms with Gasteiger partial charge in [-0.05, 0) is 51.8 Å². The molecule has 38 heavy (non-hydrogen) atoms. The molecule has 12 heteroatoms. The Balaban J connectivity index is 2.63. The van der Waals surface area contributed by atoms with Gasteiger partial charge in [-0.1, -0.05) is 6.07 Å². The predicted molar refractivity (Wildman–Crippen MR) is 139 cm³/mol. The van der Waals surface area contributed by atoms with E-state index in [0.717, 1.165) is 4.90 Å². The average Bonchev–Trinajstić information content (AvgIpc) is 2.86. The van der Waals surface area contributed by atoms with Gasteiger partial charge in [-0.3, -0.25) is 28.9 Å². The van der Waals surface area contributed by atoms with E-state index < -0.39 is 23.5 Å². The molecular weight excluding hydrogens is 496 g/mol. The SMILES string of the molecule is CNC(=O)C(CCC=O)N(C=O)C(=O)c1cc(NCC(=O)NCCOCCC(=O)OC(C)(C)C)ccc1C. The Hall–Kier alpha value is -3.80. The Labute approximate surface area is 222 Å². The van der Waals surface area contributed by atoms with Crippen LogP contribution in [0.2, 0.25) is 0 Å². The molecule has 1 atom stereocenters. The molecule has 3 N–H and O–H groups in total. The summed E-state index contributed by atoms with van der Waals surface area (Å²) >= 11 is 0. The van der Waals surface area contributed by atoms with Gasteiger partial charge in [0, 0.05) is 31.3 Å². The Bertz CT molecular complexity index is 990. The van der Waals surface area contributed by atoms with Crippen molar-refractivity contribution < 1.29 is 38.2 Å². The van der Waals surface area contributed by atoms with Crippen LogP contribution in [0.5, 0.6) is 0 Å². The number of carbonyl (C=O) groups is 6. The first kappa shape index (κ1) is 32.2. The normalized spacial score (nSPS) is 11.6. The van der Waals surface area contributed by atoms with Crippen LogP contribution in [-0.2, 0) is 33.4 Å². The lowest BCUT2D eigenvalue weighted by atomic mass is 10.0. The van der Waals surface area contributed by atoms with Crippen LogP contribution < -0.4 is 16.0 Å². The van der Waals surface area contributed by atoms with Gasteiger partial charge in [0.05, 0.1) is 26.2 Å². The number of carbonyl (C=O) groups excluding carboxylic acids is 6. The Morgan fingerprint density at radius 1 is 1.11 bits per heavy atom. The Kier molecular flexibility index (Phi) is 13.7. The molecule has 4 amide bonds. The molecule has 0 fully saturated rings. The van der Waals surface area contributed by atoms with Crippen molar-refractivity contribution in [2.24, 2.45) is 0 Å². The number of ether oxygens (including phenoxy) is 2. The van der Waals surface area contributed by atoms with Gasteiger partial charge in [0.25, 0.3) is 5.91 Å². The first-order valence-corrected chi connectivity index (χ1v) is 12.3. The van der Waals surface area contributed by atoms with Gasteiger partial charge >= 0.3 is 5.97 Å². The number of hydrogen-bond donors (Lipinski definition) is 3. The molecule has 1 rings (SSSR count). The first-order chi connectivity index (χ1) is 17.9. The van der Waals surface area contributed by atoms with Crippen LogP contribution in [0.3, 0.4) is 0 Å². The molecule has 1 aromatic carbocycles. The number of aldehydes is 1. The molecule has 12 nitrogen and oxygen atoms in total. The minimum atomic E-state index is -1.14. The molecule has 0 aliphatic carbocycles. The molecular formula is C26H38N4O8. The fraction of sp³-hybridized carbons (Fsp3) is 0.538. The van der Waals surface area contributed by atoms with Gasteiger partial charge in [0.15, 0.2) is 0 Å². The topological polar surface area (TPSA) is 160 Å². The van der Waals surface area contributed by atoms with Crippen LogP contribution in [0.25, 0.3) is 0 Å². The monoisotopic (exact) mass is 534 g/mol. The number of nitrogens with zero attached hydrogens (tertiary/aromatic N) is 1. The lowest BCUT2D eigenvalue weighted by molar-refractivity contribution is -0.156. The van der Waals surface area contributed by atoms with E-state index in [4.69, 9.17) is 9.47 Å². The van der Waals surface area contributed by atoms with Crippen molar-refractivity contribution in [2.45, 2.75) is 58.6 Å². The highest BCUT2D eigenvalue weighted by Crippen LogP contribution is 2.19. The van der Waals surface area contributed by atoms with Gasteiger partial charge in [0.2, 0.25) is 18.2 Å². The molecule has 0 saturated heterocycles. The van der Waals surface area contributed by atoms with Crippen LogP contribution in [-0.4, -0.2) is 86.3 Å². The predicted octanol–water partition coefficient (Wildman–Crippen LogP) is 0.964. The summed E-state index contributed by atoms with van der Waals surface area (Å²) in [5.74, 6) is -1.95. The quantitative estimate of drug-likeness (QED) is 0.159. The molecule has 0 spiro atoms. The first-order valence-electron chi connectivity index (χ1n) is 12.3. The zero-order chi connectivity index (χ0) is 28.7. The third-order valence-corrected chi connectivity index (χ3v) is 5.15. The third kappa shape index (κ3) is 11.5. The van der Waals surface area contributed by atoms with E-state index in [1.165, 1.54) is 13.1 Å². The molecule has 0 bridgehead atoms. The zero-order valence-electron chi connectivity index (χ0n) is 22.6. The lowest BCUT2D eigenvalue weighted by Crippen LogP contribution is -2.48. The summed E-state index contributed by atoms with van der Waals surface area (Å²) in [4.78, 5) is 72.5. The molecule has 0 saturated carbocycles. The van der Waals surface area contributed by atoms with Gasteiger partial charge in [-0.25, -0.2) is 0 Å². The van der Waals surface area contributed by atoms with Crippen molar-refractivity contribution in [3.63, 3.8) is 0 Å². The summed E-state index contributed by atoms with van der Waals surface area (Å²) in [5, 5.41) is 7.98. The van der Waals surface area contributed by atoms with E-state index in [9.17, 15) is 28.8 Å². The maximum absolute atomic E-state index is 13.1. The van der Waals surface area contributed by atoms with Gasteiger partial charge in [0.1, 0.15) is 17.9 Å². The highest BCUT2D eigenvalue weighted by atomic mass is 16.6. The maximum atomic E-state index is 13.1. The van der Waals surface area contributed by atoms with Gasteiger partial charge < -0.3 is 30.2 Å². The zero-order valence-corrected chi connectivity index (χ0v) is 22.6. The van der Waals surface area contributed by atoms with Crippen LogP contribution in [0, 0.1) is 6.92 Å². The van der Waals surface area contributed by atoms with Gasteiger partial charge in [-0.15, -0.1) is 0 Å². The van der Waals surface area contributed by atoms with Crippen molar-refractivity contribution in [1.82, 2.24) is 15.5 Å². The summed E-state index contributed by atoms with van der Waals surface area (Å²) in [7, 11) is 1.38. The molecule has 0 aromatic heterocycles. The van der Waals surface area contributed by atoms with Crippen molar-refractivity contribution in [3.05, 3.63) is 29.3 Å². The fourth-order valence-electron chi connectivity index (χ4n) is 3.31. The second kappa shape index (κ2) is 16.1. The number of nitrogens with one attached hydrogen (secondary N) is 3. The van der Waals surface area contributed by atoms with Crippen molar-refractivity contribution >= 4 is 42.1 Å². The molecule has 0 aliphatic rings. The third-order valence-electron chi connectivity index (χ3n) is 5.15. The van der Waals surface area contributed by atoms with Crippen molar-refractivity contribution in [2.75, 3.05) is 38.7 Å². The average molecular weight is 535 g/mol. The summed E-state index contributed by atoms with van der Waals surface area (Å²) in [5.41, 5.74) is 0.632. The highest BCUT2D eigenvalue weighted by molar-refractivity contribution is 6.04. The summed E-state index contributed by atoms with van der Waals surface area (Å²) in [6, 6.07) is 3.67. The number of anilines is 1. The number of imide groups is 1. The minimum absolute atomic E-state index is 0.000175. The van der Waals surface area contributed by atoms with E-state index in [2.05, 4.69) is 16.0 Å². The second-order valence-electron chi connectivity index (χ2n) is 9.37. The lowest BCUT2D eigenvalue weighted by Gasteiger charge is -2.25. The summed E-state index contributed by atoms with van der Waals surface area (Å²) in [6.45, 7) is 7.57. The molecule has 210 valence electrons. The maximum Gasteiger partial charge on any atom is 0.308 e. The van der Waals surface area contributed by atoms with E-state index in [1.807, 2.05) is 0 Å². The number of amides is 4. The molecule has 0 radical (unpaired) electrons. The van der Waals surface area contributed by atoms with Crippen LogP contribution >= 0.6 is 0 Å². The van der Waals surface area contributed by atoms with Crippen molar-refractivity contribution in [1.29, 1.82) is 0 Å². The summed E-state index contributed by atoms with van der Waals surface area (Å²) in [6.07, 6.45) is 0.996. The molecule has 1 unspecified atom stereocenters. The number of benzene rings is 1. The van der Waals surface area contributed by atoms with Crippen LogP contribution in [0.15, 0.2) is 18.2 Å². The standard InChI is InChI=1S/C26H38N4O8/c1-18-8-9-19(15-20(18)25(36)30(17-32)21(7-6-12-31)24(35)27-5)29-16-22(33)28-11-14-37-13-10-23(34)38-26(2,3)4/h8-9,12,15,17,21,29H,6-7,10-11,13-14,16H2,1-5H3,(H,27,35)(H,28,33). The summed E-state index contributed by atoms with van der Waals surface area (Å²) < 4.78 is 10.5. The van der Waals surface area contributed by atoms with E-state index >= 15 is 0 Å². The Morgan fingerprint density at radius 2 is 1.82 bits per heavy atom. The molecule has 0 aliphatic heterocycles. The Morgan fingerprint density at radius 3 is 2.42 bits per heavy atom. The number of likely N-dealkylation sites (N-methyl/N-ethyl adjacent to an activating group) is 1. The number of hydrogen-bond acceptors (Lipinski definition) is 9. The van der Waals surface area contributed by atoms with E-state index in [0.29, 0.717) is 17.5 Å². The number of esters is 1. The largest absolute Gasteiger partial charge is 0.460 e. The fourth-order valence-corrected chi connectivity index (χ4v) is 3.31. The second-order valence-corrected chi connectivity index (χ2v) is 9.37. The smallest absolute Gasteiger partial charge is 0.308 e. The highest BCUT2D eigenvalue weighted by Gasteiger charge is 2.30. The van der Waals surface area contributed by atoms with Crippen LogP contribution in [0.4, 0.5) is 5.69 Å². The van der Waals surface area contributed by atoms with E-state index in [1.54, 1.807) is 39.8 Å². The number of aryl methyl sites for hydroxylation is 1. The molecule has 1 aromatic rings.